The molecule has 0 fully saturated rings. The number of rotatable bonds is 5. The van der Waals surface area contributed by atoms with Gasteiger partial charge in [0.2, 0.25) is 0 Å². The fourth-order valence-corrected chi connectivity index (χ4v) is 6.28. The zero-order chi connectivity index (χ0) is 32.5. The van der Waals surface area contributed by atoms with Crippen LogP contribution in [0.1, 0.15) is 34.7 Å². The highest BCUT2D eigenvalue weighted by molar-refractivity contribution is 6.31. The fraction of sp³-hybridized carbons (Fsp3) is 0.162. The first kappa shape index (κ1) is 32.7. The topological polar surface area (TPSA) is 95.2 Å². The molecule has 0 unspecified atom stereocenters. The van der Waals surface area contributed by atoms with E-state index in [0.29, 0.717) is 36.2 Å². The number of nitrogens with zero attached hydrogens (tertiary/aromatic N) is 4. The Hall–Kier alpha value is -5.25. The fourth-order valence-electron chi connectivity index (χ4n) is 5.89. The lowest BCUT2D eigenvalue weighted by Gasteiger charge is -2.18. The summed E-state index contributed by atoms with van der Waals surface area (Å²) in [5.41, 5.74) is 8.98. The molecule has 0 radical (unpaired) electrons. The SMILES string of the molecule is C.Cn1nc(C(=O)Nc2cccc(Cl)c2)c2c1-c1ccccc1OC2.Cn1nc(CNc2cccc(Cl)c2)c2c1-c1ccccc1OC2. The molecule has 0 saturated carbocycles. The molecule has 2 aliphatic rings. The van der Waals surface area contributed by atoms with Gasteiger partial charge in [-0.25, -0.2) is 0 Å². The molecular weight excluding hydrogens is 647 g/mol. The van der Waals surface area contributed by atoms with E-state index in [-0.39, 0.29) is 13.3 Å². The molecule has 9 nitrogen and oxygen atoms in total. The van der Waals surface area contributed by atoms with Crippen LogP contribution in [0.2, 0.25) is 10.0 Å². The Balaban J connectivity index is 0.000000164. The number of carbonyl (C=O) groups excluding carboxylic acids is 1. The van der Waals surface area contributed by atoms with Crippen LogP contribution < -0.4 is 20.1 Å². The van der Waals surface area contributed by atoms with Crippen molar-refractivity contribution in [1.82, 2.24) is 19.6 Å². The molecule has 2 N–H and O–H groups in total. The third-order valence-corrected chi connectivity index (χ3v) is 8.45. The largest absolute Gasteiger partial charge is 0.488 e. The molecule has 4 aromatic carbocycles. The Labute approximate surface area is 289 Å². The average molecular weight is 682 g/mol. The number of carbonyl (C=O) groups is 1. The van der Waals surface area contributed by atoms with Crippen LogP contribution >= 0.6 is 23.2 Å². The monoisotopic (exact) mass is 680 g/mol. The van der Waals surface area contributed by atoms with E-state index in [4.69, 9.17) is 32.7 Å². The molecule has 48 heavy (non-hydrogen) atoms. The Kier molecular flexibility index (Phi) is 9.43. The van der Waals surface area contributed by atoms with Crippen molar-refractivity contribution in [3.05, 3.63) is 130 Å². The second-order valence-electron chi connectivity index (χ2n) is 11.1. The van der Waals surface area contributed by atoms with E-state index >= 15 is 0 Å². The number of halogens is 2. The minimum Gasteiger partial charge on any atom is -0.488 e. The van der Waals surface area contributed by atoms with Gasteiger partial charge >= 0.3 is 0 Å². The molecular formula is C37H34Cl2N6O3. The van der Waals surface area contributed by atoms with E-state index in [1.165, 1.54) is 0 Å². The van der Waals surface area contributed by atoms with Crippen molar-refractivity contribution in [2.45, 2.75) is 27.2 Å². The summed E-state index contributed by atoms with van der Waals surface area (Å²) >= 11 is 12.0. The van der Waals surface area contributed by atoms with Crippen molar-refractivity contribution in [2.24, 2.45) is 14.1 Å². The molecule has 2 aromatic heterocycles. The highest BCUT2D eigenvalue weighted by Gasteiger charge is 2.28. The maximum absolute atomic E-state index is 12.6. The number of amides is 1. The first-order chi connectivity index (χ1) is 22.9. The second-order valence-corrected chi connectivity index (χ2v) is 12.0. The van der Waals surface area contributed by atoms with Crippen LogP contribution in [0.25, 0.3) is 22.5 Å². The van der Waals surface area contributed by atoms with E-state index in [1.54, 1.807) is 28.9 Å². The van der Waals surface area contributed by atoms with Gasteiger partial charge in [-0.1, -0.05) is 67.0 Å². The normalized spacial score (nSPS) is 11.9. The Morgan fingerprint density at radius 2 is 1.27 bits per heavy atom. The van der Waals surface area contributed by atoms with Crippen LogP contribution in [-0.4, -0.2) is 25.5 Å². The molecule has 244 valence electrons. The van der Waals surface area contributed by atoms with Crippen molar-refractivity contribution in [1.29, 1.82) is 0 Å². The molecule has 2 aliphatic heterocycles. The van der Waals surface area contributed by atoms with Gasteiger partial charge in [-0.15, -0.1) is 0 Å². The van der Waals surface area contributed by atoms with E-state index in [2.05, 4.69) is 26.9 Å². The predicted molar refractivity (Wildman–Crippen MR) is 191 cm³/mol. The third kappa shape index (κ3) is 6.47. The summed E-state index contributed by atoms with van der Waals surface area (Å²) in [5.74, 6) is 1.43. The van der Waals surface area contributed by atoms with E-state index in [1.807, 2.05) is 85.5 Å². The van der Waals surface area contributed by atoms with Crippen LogP contribution in [0.15, 0.2) is 97.1 Å². The molecule has 0 bridgehead atoms. The van der Waals surface area contributed by atoms with Crippen molar-refractivity contribution >= 4 is 40.5 Å². The molecule has 4 heterocycles. The van der Waals surface area contributed by atoms with Crippen molar-refractivity contribution < 1.29 is 14.3 Å². The number of para-hydroxylation sites is 2. The number of aromatic nitrogens is 4. The summed E-state index contributed by atoms with van der Waals surface area (Å²) in [4.78, 5) is 12.6. The molecule has 0 spiro atoms. The first-order valence-corrected chi connectivity index (χ1v) is 15.7. The highest BCUT2D eigenvalue weighted by Crippen LogP contribution is 2.39. The van der Waals surface area contributed by atoms with Crippen LogP contribution in [0, 0.1) is 0 Å². The number of aryl methyl sites for hydroxylation is 2. The van der Waals surface area contributed by atoms with E-state index in [9.17, 15) is 4.79 Å². The highest BCUT2D eigenvalue weighted by atomic mass is 35.5. The molecule has 1 amide bonds. The number of hydrogen-bond acceptors (Lipinski definition) is 6. The Morgan fingerprint density at radius 3 is 1.92 bits per heavy atom. The zero-order valence-corrected chi connectivity index (χ0v) is 27.1. The maximum atomic E-state index is 12.6. The molecule has 0 atom stereocenters. The van der Waals surface area contributed by atoms with Crippen LogP contribution in [0.5, 0.6) is 11.5 Å². The minimum atomic E-state index is -0.280. The third-order valence-electron chi connectivity index (χ3n) is 7.98. The number of benzene rings is 4. The lowest BCUT2D eigenvalue weighted by Crippen LogP contribution is -2.16. The lowest BCUT2D eigenvalue weighted by atomic mass is 10.0. The van der Waals surface area contributed by atoms with E-state index in [0.717, 1.165) is 61.5 Å². The standard InChI is InChI=1S/C18H14ClN3O2.C18H16ClN3O.CH4/c1-22-17-13-7-2-3-8-15(13)24-10-14(17)16(21-22)18(23)20-12-6-4-5-11(19)9-12;1-22-18-14-7-2-3-8-17(14)23-11-15(18)16(21-22)10-20-13-6-4-5-12(19)9-13;/h2-9H,10H2,1H3,(H,20,23);2-9,20H,10-11H2,1H3;1H4. The molecule has 6 aromatic rings. The quantitative estimate of drug-likeness (QED) is 0.189. The predicted octanol–water partition coefficient (Wildman–Crippen LogP) is 8.77. The molecule has 11 heteroatoms. The minimum absolute atomic E-state index is 0. The van der Waals surface area contributed by atoms with Crippen molar-refractivity contribution in [3.8, 4) is 34.0 Å². The van der Waals surface area contributed by atoms with Gasteiger partial charge in [-0.05, 0) is 60.7 Å². The maximum Gasteiger partial charge on any atom is 0.276 e. The van der Waals surface area contributed by atoms with Gasteiger partial charge < -0.3 is 20.1 Å². The number of hydrogen-bond donors (Lipinski definition) is 2. The summed E-state index contributed by atoms with van der Waals surface area (Å²) < 4.78 is 15.3. The number of fused-ring (bicyclic) bond motifs is 6. The van der Waals surface area contributed by atoms with Crippen molar-refractivity contribution in [2.75, 3.05) is 10.6 Å². The zero-order valence-electron chi connectivity index (χ0n) is 25.6. The Bertz CT molecular complexity index is 2120. The van der Waals surface area contributed by atoms with Gasteiger partial charge in [-0.3, -0.25) is 14.2 Å². The van der Waals surface area contributed by atoms with Gasteiger partial charge in [0.1, 0.15) is 24.7 Å². The molecule has 8 rings (SSSR count). The van der Waals surface area contributed by atoms with E-state index < -0.39 is 0 Å². The molecule has 0 aliphatic carbocycles. The van der Waals surface area contributed by atoms with Gasteiger partial charge in [0.25, 0.3) is 5.91 Å². The number of nitrogens with one attached hydrogen (secondary N) is 2. The second kappa shape index (κ2) is 13.9. The van der Waals surface area contributed by atoms with Gasteiger partial charge in [-0.2, -0.15) is 10.2 Å². The average Bonchev–Trinajstić information content (AvgIpc) is 3.60. The van der Waals surface area contributed by atoms with Crippen LogP contribution in [0.4, 0.5) is 11.4 Å². The van der Waals surface area contributed by atoms with Crippen molar-refractivity contribution in [3.63, 3.8) is 0 Å². The van der Waals surface area contributed by atoms with Crippen LogP contribution in [-0.2, 0) is 33.9 Å². The van der Waals surface area contributed by atoms with Gasteiger partial charge in [0, 0.05) is 57.8 Å². The number of anilines is 2. The first-order valence-electron chi connectivity index (χ1n) is 15.0. The summed E-state index contributed by atoms with van der Waals surface area (Å²) in [7, 11) is 3.81. The lowest BCUT2D eigenvalue weighted by molar-refractivity contribution is 0.101. The molecule has 0 saturated heterocycles. The van der Waals surface area contributed by atoms with Crippen LogP contribution in [0.3, 0.4) is 0 Å². The number of ether oxygens (including phenoxy) is 2. The summed E-state index contributed by atoms with van der Waals surface area (Å²) in [6.45, 7) is 1.50. The smallest absolute Gasteiger partial charge is 0.276 e. The Morgan fingerprint density at radius 1 is 0.729 bits per heavy atom. The summed E-state index contributed by atoms with van der Waals surface area (Å²) in [6.07, 6.45) is 0. The van der Waals surface area contributed by atoms with Gasteiger partial charge in [0.05, 0.1) is 23.6 Å². The van der Waals surface area contributed by atoms with Gasteiger partial charge in [0.15, 0.2) is 5.69 Å². The summed E-state index contributed by atoms with van der Waals surface area (Å²) in [6, 6.07) is 30.5. The summed E-state index contributed by atoms with van der Waals surface area (Å²) in [5, 5.41) is 16.6.